The van der Waals surface area contributed by atoms with Crippen molar-refractivity contribution in [2.24, 2.45) is 0 Å². The molecule has 3 heteroatoms. The molecule has 0 bridgehead atoms. The van der Waals surface area contributed by atoms with Crippen molar-refractivity contribution in [2.75, 3.05) is 12.3 Å². The Bertz CT molecular complexity index is 156. The van der Waals surface area contributed by atoms with Crippen LogP contribution in [0.1, 0.15) is 20.3 Å². The molecule has 10 heavy (non-hydrogen) atoms. The van der Waals surface area contributed by atoms with Crippen molar-refractivity contribution < 1.29 is 0 Å². The van der Waals surface area contributed by atoms with Gasteiger partial charge in [0.1, 0.15) is 0 Å². The maximum Gasteiger partial charge on any atom is 0.0588 e. The minimum Gasteiger partial charge on any atom is -0.318 e. The third kappa shape index (κ3) is 2.05. The van der Waals surface area contributed by atoms with Gasteiger partial charge < -0.3 is 3.11 Å². The highest BCUT2D eigenvalue weighted by molar-refractivity contribution is 14.1. The standard InChI is InChI=1S/C7H12INS/c1-6-7(2)10-5-3-4-9(6)8/h3-5H2,1-2H3. The fraction of sp³-hybridized carbons (Fsp3) is 0.714. The molecule has 0 saturated heterocycles. The van der Waals surface area contributed by atoms with Gasteiger partial charge in [0.25, 0.3) is 0 Å². The quantitative estimate of drug-likeness (QED) is 0.491. The lowest BCUT2D eigenvalue weighted by molar-refractivity contribution is 0.610. The first-order valence-electron chi connectivity index (χ1n) is 3.45. The molecule has 0 N–H and O–H groups in total. The van der Waals surface area contributed by atoms with Crippen molar-refractivity contribution in [1.29, 1.82) is 0 Å². The summed E-state index contributed by atoms with van der Waals surface area (Å²) in [4.78, 5) is 1.48. The Morgan fingerprint density at radius 1 is 1.50 bits per heavy atom. The molecule has 1 heterocycles. The van der Waals surface area contributed by atoms with E-state index in [0.29, 0.717) is 0 Å². The van der Waals surface area contributed by atoms with E-state index in [1.165, 1.54) is 29.3 Å². The Kier molecular flexibility index (Phi) is 3.36. The van der Waals surface area contributed by atoms with E-state index < -0.39 is 0 Å². The van der Waals surface area contributed by atoms with E-state index in [4.69, 9.17) is 0 Å². The largest absolute Gasteiger partial charge is 0.318 e. The van der Waals surface area contributed by atoms with E-state index in [0.717, 1.165) is 0 Å². The Morgan fingerprint density at radius 2 is 2.20 bits per heavy atom. The van der Waals surface area contributed by atoms with Gasteiger partial charge in [-0.3, -0.25) is 0 Å². The topological polar surface area (TPSA) is 3.24 Å². The van der Waals surface area contributed by atoms with Crippen LogP contribution in [0, 0.1) is 0 Å². The van der Waals surface area contributed by atoms with Crippen molar-refractivity contribution in [3.05, 3.63) is 10.6 Å². The zero-order valence-electron chi connectivity index (χ0n) is 6.35. The highest BCUT2D eigenvalue weighted by Gasteiger charge is 2.09. The summed E-state index contributed by atoms with van der Waals surface area (Å²) >= 11 is 4.37. The van der Waals surface area contributed by atoms with Crippen LogP contribution in [0.3, 0.4) is 0 Å². The van der Waals surface area contributed by atoms with Gasteiger partial charge in [0.2, 0.25) is 0 Å². The third-order valence-corrected chi connectivity index (χ3v) is 4.12. The monoisotopic (exact) mass is 269 g/mol. The molecule has 1 rings (SSSR count). The zero-order valence-corrected chi connectivity index (χ0v) is 9.33. The molecule has 0 aromatic carbocycles. The fourth-order valence-corrected chi connectivity index (χ4v) is 2.64. The van der Waals surface area contributed by atoms with Crippen LogP contribution in [0.4, 0.5) is 0 Å². The average Bonchev–Trinajstić information content (AvgIpc) is 2.04. The number of thioether (sulfide) groups is 1. The number of rotatable bonds is 0. The molecule has 0 aromatic heterocycles. The maximum atomic E-state index is 2.38. The average molecular weight is 269 g/mol. The van der Waals surface area contributed by atoms with Gasteiger partial charge in [0.15, 0.2) is 0 Å². The van der Waals surface area contributed by atoms with Gasteiger partial charge in [-0.05, 0) is 26.0 Å². The molecule has 1 aliphatic rings. The van der Waals surface area contributed by atoms with Crippen molar-refractivity contribution in [2.45, 2.75) is 20.3 Å². The molecule has 1 nitrogen and oxygen atoms in total. The van der Waals surface area contributed by atoms with Gasteiger partial charge in [-0.15, -0.1) is 11.8 Å². The van der Waals surface area contributed by atoms with E-state index in [-0.39, 0.29) is 0 Å². The van der Waals surface area contributed by atoms with Crippen LogP contribution in [0.2, 0.25) is 0 Å². The van der Waals surface area contributed by atoms with E-state index in [2.05, 4.69) is 39.8 Å². The van der Waals surface area contributed by atoms with Crippen LogP contribution in [-0.4, -0.2) is 15.4 Å². The van der Waals surface area contributed by atoms with Gasteiger partial charge in [0, 0.05) is 17.1 Å². The first-order chi connectivity index (χ1) is 4.72. The van der Waals surface area contributed by atoms with Crippen LogP contribution in [0.15, 0.2) is 10.6 Å². The molecule has 0 aromatic rings. The predicted molar refractivity (Wildman–Crippen MR) is 56.2 cm³/mol. The summed E-state index contributed by atoms with van der Waals surface area (Å²) in [5.74, 6) is 1.28. The molecular formula is C7H12INS. The molecule has 58 valence electrons. The number of hydrogen-bond acceptors (Lipinski definition) is 2. The van der Waals surface area contributed by atoms with E-state index in [1.807, 2.05) is 11.8 Å². The fourth-order valence-electron chi connectivity index (χ4n) is 0.872. The highest BCUT2D eigenvalue weighted by atomic mass is 127. The lowest BCUT2D eigenvalue weighted by atomic mass is 10.4. The number of hydrogen-bond donors (Lipinski definition) is 0. The third-order valence-electron chi connectivity index (χ3n) is 1.69. The maximum absolute atomic E-state index is 2.38. The summed E-state index contributed by atoms with van der Waals surface area (Å²) < 4.78 is 2.31. The smallest absolute Gasteiger partial charge is 0.0588 e. The van der Waals surface area contributed by atoms with Gasteiger partial charge in [0.05, 0.1) is 22.9 Å². The molecule has 1 aliphatic heterocycles. The number of allylic oxidation sites excluding steroid dienone is 2. The van der Waals surface area contributed by atoms with Crippen LogP contribution in [0.5, 0.6) is 0 Å². The van der Waals surface area contributed by atoms with Gasteiger partial charge in [-0.25, -0.2) is 0 Å². The second kappa shape index (κ2) is 3.85. The number of nitrogens with zero attached hydrogens (tertiary/aromatic N) is 1. The molecule has 0 unspecified atom stereocenters. The van der Waals surface area contributed by atoms with Crippen molar-refractivity contribution >= 4 is 34.6 Å². The molecule has 0 spiro atoms. The molecule has 0 amide bonds. The molecular weight excluding hydrogens is 257 g/mol. The van der Waals surface area contributed by atoms with Crippen molar-refractivity contribution in [1.82, 2.24) is 3.11 Å². The summed E-state index contributed by atoms with van der Waals surface area (Å²) in [6, 6.07) is 0. The summed E-state index contributed by atoms with van der Waals surface area (Å²) in [5, 5.41) is 0. The molecule has 0 fully saturated rings. The first-order valence-corrected chi connectivity index (χ1v) is 5.40. The van der Waals surface area contributed by atoms with E-state index >= 15 is 0 Å². The lowest BCUT2D eigenvalue weighted by Crippen LogP contribution is -2.09. The lowest BCUT2D eigenvalue weighted by Gasteiger charge is -2.14. The summed E-state index contributed by atoms with van der Waals surface area (Å²) in [7, 11) is 0. The van der Waals surface area contributed by atoms with Gasteiger partial charge in [-0.2, -0.15) is 0 Å². The van der Waals surface area contributed by atoms with Crippen LogP contribution in [-0.2, 0) is 0 Å². The normalized spacial score (nSPS) is 21.3. The summed E-state index contributed by atoms with van der Waals surface area (Å²) in [6.07, 6.45) is 1.31. The van der Waals surface area contributed by atoms with Crippen molar-refractivity contribution in [3.8, 4) is 0 Å². The Labute approximate surface area is 80.7 Å². The van der Waals surface area contributed by atoms with Crippen LogP contribution in [0.25, 0.3) is 0 Å². The molecule has 0 radical (unpaired) electrons. The first kappa shape index (κ1) is 8.71. The Hall–Kier alpha value is 0.620. The second-order valence-electron chi connectivity index (χ2n) is 2.43. The SMILES string of the molecule is CC1=C(C)N(I)CCCS1. The molecule has 0 aliphatic carbocycles. The minimum absolute atomic E-state index is 1.21. The predicted octanol–water partition coefficient (Wildman–Crippen LogP) is 3.03. The van der Waals surface area contributed by atoms with Crippen LogP contribution >= 0.6 is 34.6 Å². The van der Waals surface area contributed by atoms with E-state index in [9.17, 15) is 0 Å². The second-order valence-corrected chi connectivity index (χ2v) is 4.90. The molecule has 0 atom stereocenters. The van der Waals surface area contributed by atoms with Crippen LogP contribution < -0.4 is 0 Å². The zero-order chi connectivity index (χ0) is 7.56. The number of halogens is 1. The van der Waals surface area contributed by atoms with Crippen molar-refractivity contribution in [3.63, 3.8) is 0 Å². The summed E-state index contributed by atoms with van der Waals surface area (Å²) in [6.45, 7) is 5.60. The summed E-state index contributed by atoms with van der Waals surface area (Å²) in [5.41, 5.74) is 1.43. The molecule has 0 saturated carbocycles. The minimum atomic E-state index is 1.21. The Balaban J connectivity index is 2.69. The van der Waals surface area contributed by atoms with Gasteiger partial charge >= 0.3 is 0 Å². The van der Waals surface area contributed by atoms with E-state index in [1.54, 1.807) is 0 Å². The highest BCUT2D eigenvalue weighted by Crippen LogP contribution is 2.27. The Morgan fingerprint density at radius 3 is 2.90 bits per heavy atom. The van der Waals surface area contributed by atoms with Gasteiger partial charge in [-0.1, -0.05) is 0 Å².